The first-order chi connectivity index (χ1) is 13.0. The van der Waals surface area contributed by atoms with Gasteiger partial charge in [0.05, 0.1) is 22.3 Å². The van der Waals surface area contributed by atoms with Gasteiger partial charge in [-0.2, -0.15) is 13.2 Å². The molecule has 0 bridgehead atoms. The maximum absolute atomic E-state index is 14.2. The van der Waals surface area contributed by atoms with Crippen LogP contribution in [-0.2, 0) is 14.9 Å². The molecule has 150 valence electrons. The molecule has 0 saturated carbocycles. The molecule has 0 aromatic heterocycles. The number of ether oxygens (including phenoxy) is 2. The van der Waals surface area contributed by atoms with Gasteiger partial charge in [-0.1, -0.05) is 19.6 Å². The molecule has 0 radical (unpaired) electrons. The number of alkyl halides is 3. The van der Waals surface area contributed by atoms with E-state index in [1.165, 1.54) is 0 Å². The zero-order valence-corrected chi connectivity index (χ0v) is 14.0. The molecule has 0 fully saturated rings. The lowest BCUT2D eigenvalue weighted by Gasteiger charge is -2.33. The summed E-state index contributed by atoms with van der Waals surface area (Å²) in [4.78, 5) is 46.6. The van der Waals surface area contributed by atoms with Crippen molar-refractivity contribution in [2.45, 2.75) is 25.9 Å². The molecule has 6 nitrogen and oxygen atoms in total. The van der Waals surface area contributed by atoms with Gasteiger partial charge < -0.3 is 9.47 Å². The Balaban J connectivity index is 0.00000240. The molecule has 9 heteroatoms. The molecule has 29 heavy (non-hydrogen) atoms. The molecule has 0 atom stereocenters. The van der Waals surface area contributed by atoms with Crippen LogP contribution in [0.5, 0.6) is 0 Å². The Morgan fingerprint density at radius 1 is 0.655 bits per heavy atom. The number of rotatable bonds is 2. The van der Waals surface area contributed by atoms with Crippen LogP contribution < -0.4 is 0 Å². The van der Waals surface area contributed by atoms with Gasteiger partial charge in [-0.25, -0.2) is 19.2 Å². The molecular weight excluding hydrogens is 393 g/mol. The van der Waals surface area contributed by atoms with Gasteiger partial charge in [0.15, 0.2) is 0 Å². The Bertz CT molecular complexity index is 1020. The Kier molecular flexibility index (Phi) is 4.37. The second kappa shape index (κ2) is 6.26. The Labute approximate surface area is 162 Å². The number of hydrogen-bond acceptors (Lipinski definition) is 6. The van der Waals surface area contributed by atoms with Crippen LogP contribution in [0.4, 0.5) is 13.2 Å². The van der Waals surface area contributed by atoms with Gasteiger partial charge in [0, 0.05) is 0 Å². The lowest BCUT2D eigenvalue weighted by molar-refractivity contribution is -0.173. The van der Waals surface area contributed by atoms with Crippen molar-refractivity contribution in [3.05, 3.63) is 69.8 Å². The Hall–Kier alpha value is -3.49. The van der Waals surface area contributed by atoms with Crippen molar-refractivity contribution >= 4 is 23.9 Å². The van der Waals surface area contributed by atoms with Crippen molar-refractivity contribution < 1.29 is 41.8 Å². The number of carbonyl (C=O) groups is 4. The molecule has 2 heterocycles. The van der Waals surface area contributed by atoms with Crippen LogP contribution in [0, 0.1) is 0 Å². The first-order valence-corrected chi connectivity index (χ1v) is 7.93. The predicted octanol–water partition coefficient (Wildman–Crippen LogP) is 3.81. The van der Waals surface area contributed by atoms with Crippen LogP contribution in [0.2, 0.25) is 0 Å². The molecule has 2 aliphatic rings. The molecule has 0 saturated heterocycles. The van der Waals surface area contributed by atoms with Crippen molar-refractivity contribution in [2.75, 3.05) is 0 Å². The first-order valence-electron chi connectivity index (χ1n) is 7.93. The van der Waals surface area contributed by atoms with E-state index in [0.717, 1.165) is 43.3 Å². The van der Waals surface area contributed by atoms with E-state index < -0.39 is 35.5 Å². The number of carbonyl (C=O) groups excluding carboxylic acids is 4. The van der Waals surface area contributed by atoms with Crippen LogP contribution in [0.15, 0.2) is 36.4 Å². The lowest BCUT2D eigenvalue weighted by atomic mass is 9.74. The normalized spacial score (nSPS) is 15.4. The van der Waals surface area contributed by atoms with E-state index in [9.17, 15) is 32.3 Å². The molecule has 0 unspecified atom stereocenters. The molecule has 0 spiro atoms. The smallest absolute Gasteiger partial charge is 0.386 e. The summed E-state index contributed by atoms with van der Waals surface area (Å²) in [5.74, 6) is -3.93. The van der Waals surface area contributed by atoms with Crippen LogP contribution in [0.25, 0.3) is 0 Å². The third-order valence-corrected chi connectivity index (χ3v) is 5.01. The van der Waals surface area contributed by atoms with Gasteiger partial charge >= 0.3 is 30.1 Å². The molecule has 2 aliphatic heterocycles. The molecular formula is C20H13F3O6. The Morgan fingerprint density at radius 3 is 1.34 bits per heavy atom. The van der Waals surface area contributed by atoms with Crippen LogP contribution in [-0.4, -0.2) is 30.1 Å². The highest BCUT2D eigenvalue weighted by molar-refractivity contribution is 6.15. The van der Waals surface area contributed by atoms with Crippen molar-refractivity contribution in [2.24, 2.45) is 0 Å². The number of fused-ring (bicyclic) bond motifs is 2. The number of halogens is 3. The van der Waals surface area contributed by atoms with Gasteiger partial charge in [-0.15, -0.1) is 0 Å². The van der Waals surface area contributed by atoms with E-state index in [0.29, 0.717) is 0 Å². The highest BCUT2D eigenvalue weighted by Gasteiger charge is 2.54. The maximum Gasteiger partial charge on any atom is 0.402 e. The fraction of sp³-hybridized carbons (Fsp3) is 0.200. The third kappa shape index (κ3) is 2.72. The highest BCUT2D eigenvalue weighted by Crippen LogP contribution is 2.47. The maximum atomic E-state index is 14.2. The molecule has 0 N–H and O–H groups in total. The monoisotopic (exact) mass is 406 g/mol. The SMILES string of the molecule is C.CC(c1ccc2c(c1)C(=O)OC2=O)(c1ccc2c(c1)C(=O)OC2=O)C(F)(F)F. The topological polar surface area (TPSA) is 86.7 Å². The van der Waals surface area contributed by atoms with E-state index in [1.807, 2.05) is 0 Å². The number of benzene rings is 2. The number of hydrogen-bond donors (Lipinski definition) is 0. The molecule has 0 aliphatic carbocycles. The lowest BCUT2D eigenvalue weighted by Crippen LogP contribution is -2.41. The summed E-state index contributed by atoms with van der Waals surface area (Å²) in [5, 5.41) is 0. The van der Waals surface area contributed by atoms with Crippen molar-refractivity contribution in [3.63, 3.8) is 0 Å². The third-order valence-electron chi connectivity index (χ3n) is 5.01. The highest BCUT2D eigenvalue weighted by atomic mass is 19.4. The van der Waals surface area contributed by atoms with Gasteiger partial charge in [0.2, 0.25) is 0 Å². The average molecular weight is 406 g/mol. The minimum absolute atomic E-state index is 0. The van der Waals surface area contributed by atoms with Crippen molar-refractivity contribution in [1.82, 2.24) is 0 Å². The van der Waals surface area contributed by atoms with E-state index in [2.05, 4.69) is 9.47 Å². The number of esters is 4. The zero-order valence-electron chi connectivity index (χ0n) is 14.0. The second-order valence-electron chi connectivity index (χ2n) is 6.50. The van der Waals surface area contributed by atoms with E-state index >= 15 is 0 Å². The van der Waals surface area contributed by atoms with E-state index in [1.54, 1.807) is 0 Å². The first kappa shape index (κ1) is 20.2. The standard InChI is InChI=1S/C19H9F3O6.CH4/c1-18(19(20,21)22,8-2-4-10-12(6-8)16(25)27-14(10)23)9-3-5-11-13(7-9)17(26)28-15(11)24;/h2-7H,1H3;1H4. The van der Waals surface area contributed by atoms with Crippen LogP contribution >= 0.6 is 0 Å². The van der Waals surface area contributed by atoms with E-state index in [4.69, 9.17) is 0 Å². The minimum atomic E-state index is -4.84. The summed E-state index contributed by atoms with van der Waals surface area (Å²) in [7, 11) is 0. The largest absolute Gasteiger partial charge is 0.402 e. The summed E-state index contributed by atoms with van der Waals surface area (Å²) in [5.41, 5.74) is -4.09. The van der Waals surface area contributed by atoms with E-state index in [-0.39, 0.29) is 40.8 Å². The zero-order chi connectivity index (χ0) is 20.4. The summed E-state index contributed by atoms with van der Waals surface area (Å²) in [6.07, 6.45) is -4.84. The summed E-state index contributed by atoms with van der Waals surface area (Å²) < 4.78 is 51.3. The van der Waals surface area contributed by atoms with Gasteiger partial charge in [-0.05, 0) is 42.3 Å². The van der Waals surface area contributed by atoms with Gasteiger partial charge in [0.1, 0.15) is 5.41 Å². The van der Waals surface area contributed by atoms with Crippen LogP contribution in [0.3, 0.4) is 0 Å². The number of cyclic esters (lactones) is 4. The van der Waals surface area contributed by atoms with Gasteiger partial charge in [0.25, 0.3) is 0 Å². The molecule has 2 aromatic rings. The molecule has 4 rings (SSSR count). The van der Waals surface area contributed by atoms with Crippen LogP contribution in [0.1, 0.15) is 66.9 Å². The minimum Gasteiger partial charge on any atom is -0.386 e. The second-order valence-corrected chi connectivity index (χ2v) is 6.50. The summed E-state index contributed by atoms with van der Waals surface area (Å²) in [6, 6.07) is 6.23. The molecule has 2 aromatic carbocycles. The molecule has 0 amide bonds. The summed E-state index contributed by atoms with van der Waals surface area (Å²) >= 11 is 0. The van der Waals surface area contributed by atoms with Crippen molar-refractivity contribution in [1.29, 1.82) is 0 Å². The average Bonchev–Trinajstić information content (AvgIpc) is 3.08. The van der Waals surface area contributed by atoms with Crippen molar-refractivity contribution in [3.8, 4) is 0 Å². The van der Waals surface area contributed by atoms with Gasteiger partial charge in [-0.3, -0.25) is 0 Å². The Morgan fingerprint density at radius 2 is 1.00 bits per heavy atom. The fourth-order valence-electron chi connectivity index (χ4n) is 3.29. The summed E-state index contributed by atoms with van der Waals surface area (Å²) in [6.45, 7) is 0.876. The fourth-order valence-corrected chi connectivity index (χ4v) is 3.29. The quantitative estimate of drug-likeness (QED) is 0.557. The predicted molar refractivity (Wildman–Crippen MR) is 91.6 cm³/mol.